The number of imide groups is 2. The van der Waals surface area contributed by atoms with E-state index in [-0.39, 0.29) is 16.3 Å². The largest absolute Gasteiger partial charge is 0.495 e. The first-order chi connectivity index (χ1) is 16.1. The van der Waals surface area contributed by atoms with E-state index in [0.29, 0.717) is 11.3 Å². The molecule has 0 saturated carbocycles. The number of urea groups is 1. The van der Waals surface area contributed by atoms with Crippen LogP contribution in [0.1, 0.15) is 28.1 Å². The van der Waals surface area contributed by atoms with Gasteiger partial charge >= 0.3 is 6.03 Å². The Bertz CT molecular complexity index is 1370. The highest BCUT2D eigenvalue weighted by molar-refractivity contribution is 6.39. The third-order valence-electron chi connectivity index (χ3n) is 5.93. The number of nitrogens with zero attached hydrogens (tertiary/aromatic N) is 2. The number of amides is 4. The van der Waals surface area contributed by atoms with Crippen LogP contribution in [0.2, 0.25) is 5.02 Å². The maximum atomic E-state index is 13.3. The first-order valence-electron chi connectivity index (χ1n) is 10.6. The van der Waals surface area contributed by atoms with E-state index < -0.39 is 17.8 Å². The Kier molecular flexibility index (Phi) is 6.06. The molecule has 34 heavy (non-hydrogen) atoms. The molecule has 2 aromatic carbocycles. The highest BCUT2D eigenvalue weighted by atomic mass is 35.5. The molecule has 8 heteroatoms. The number of aryl methyl sites for hydroxylation is 3. The third-order valence-corrected chi connectivity index (χ3v) is 6.22. The first kappa shape index (κ1) is 23.3. The van der Waals surface area contributed by atoms with Gasteiger partial charge in [-0.3, -0.25) is 14.9 Å². The minimum Gasteiger partial charge on any atom is -0.495 e. The molecule has 1 aromatic heterocycles. The van der Waals surface area contributed by atoms with Gasteiger partial charge in [-0.05, 0) is 74.7 Å². The highest BCUT2D eigenvalue weighted by Gasteiger charge is 2.37. The molecule has 3 aromatic rings. The van der Waals surface area contributed by atoms with Crippen LogP contribution in [0.4, 0.5) is 10.5 Å². The van der Waals surface area contributed by atoms with Crippen LogP contribution < -0.4 is 15.0 Å². The Labute approximate surface area is 202 Å². The minimum atomic E-state index is -0.839. The number of hydrogen-bond acceptors (Lipinski definition) is 4. The van der Waals surface area contributed by atoms with Gasteiger partial charge in [0.15, 0.2) is 0 Å². The molecule has 0 atom stereocenters. The van der Waals surface area contributed by atoms with Crippen LogP contribution in [0.5, 0.6) is 5.75 Å². The van der Waals surface area contributed by atoms with Crippen LogP contribution in [-0.2, 0) is 9.59 Å². The lowest BCUT2D eigenvalue weighted by atomic mass is 10.1. The van der Waals surface area contributed by atoms with Gasteiger partial charge in [-0.15, -0.1) is 0 Å². The summed E-state index contributed by atoms with van der Waals surface area (Å²) < 4.78 is 7.24. The van der Waals surface area contributed by atoms with Crippen molar-refractivity contribution in [2.75, 3.05) is 12.0 Å². The molecule has 1 aliphatic heterocycles. The topological polar surface area (TPSA) is 80.6 Å². The van der Waals surface area contributed by atoms with E-state index in [2.05, 4.69) is 9.88 Å². The fourth-order valence-electron chi connectivity index (χ4n) is 4.28. The number of methoxy groups -OCH3 is 1. The van der Waals surface area contributed by atoms with E-state index in [1.54, 1.807) is 6.07 Å². The van der Waals surface area contributed by atoms with E-state index in [1.807, 2.05) is 52.0 Å². The number of benzene rings is 2. The first-order valence-corrected chi connectivity index (χ1v) is 11.0. The number of hydrogen-bond donors (Lipinski definition) is 1. The van der Waals surface area contributed by atoms with Gasteiger partial charge < -0.3 is 9.30 Å². The highest BCUT2D eigenvalue weighted by Crippen LogP contribution is 2.32. The van der Waals surface area contributed by atoms with Gasteiger partial charge in [-0.2, -0.15) is 0 Å². The normalized spacial score (nSPS) is 15.2. The molecule has 1 aliphatic rings. The van der Waals surface area contributed by atoms with Gasteiger partial charge in [0.1, 0.15) is 11.3 Å². The molecule has 1 saturated heterocycles. The van der Waals surface area contributed by atoms with E-state index in [1.165, 1.54) is 25.3 Å². The Balaban J connectivity index is 1.79. The zero-order valence-corrected chi connectivity index (χ0v) is 20.3. The van der Waals surface area contributed by atoms with Crippen LogP contribution in [0.15, 0.2) is 48.0 Å². The maximum Gasteiger partial charge on any atom is 0.335 e. The quantitative estimate of drug-likeness (QED) is 0.421. The number of para-hydroxylation sites is 1. The van der Waals surface area contributed by atoms with Crippen molar-refractivity contribution >= 4 is 41.2 Å². The molecule has 1 fully saturated rings. The van der Waals surface area contributed by atoms with E-state index in [4.69, 9.17) is 16.3 Å². The Morgan fingerprint density at radius 2 is 1.65 bits per heavy atom. The van der Waals surface area contributed by atoms with Gasteiger partial charge in [-0.25, -0.2) is 9.69 Å². The van der Waals surface area contributed by atoms with Crippen LogP contribution >= 0.6 is 11.6 Å². The van der Waals surface area contributed by atoms with Crippen molar-refractivity contribution in [2.24, 2.45) is 0 Å². The number of ether oxygens (including phenoxy) is 1. The monoisotopic (exact) mass is 477 g/mol. The summed E-state index contributed by atoms with van der Waals surface area (Å²) in [7, 11) is 1.47. The molecule has 0 spiro atoms. The van der Waals surface area contributed by atoms with E-state index >= 15 is 0 Å². The molecule has 0 bridgehead atoms. The molecule has 0 radical (unpaired) electrons. The molecule has 0 aliphatic carbocycles. The zero-order valence-electron chi connectivity index (χ0n) is 19.5. The number of halogens is 1. The average Bonchev–Trinajstić information content (AvgIpc) is 3.04. The number of carbonyl (C=O) groups is 3. The standard InChI is InChI=1S/C26H24ClN3O4/c1-14-7-6-8-15(2)23(14)29-16(3)11-18(17(29)4)12-20-24(31)28-26(33)30(25(20)32)19-9-10-22(34-5)21(27)13-19/h6-13H,1-5H3,(H,28,31,33). The smallest absolute Gasteiger partial charge is 0.335 e. The molecule has 1 N–H and O–H groups in total. The third kappa shape index (κ3) is 3.88. The zero-order chi connectivity index (χ0) is 24.7. The molecule has 2 heterocycles. The van der Waals surface area contributed by atoms with Gasteiger partial charge in [-0.1, -0.05) is 29.8 Å². The van der Waals surface area contributed by atoms with Crippen molar-refractivity contribution in [3.63, 3.8) is 0 Å². The number of nitrogens with one attached hydrogen (secondary N) is 1. The fourth-order valence-corrected chi connectivity index (χ4v) is 4.53. The summed E-state index contributed by atoms with van der Waals surface area (Å²) >= 11 is 6.18. The van der Waals surface area contributed by atoms with Crippen molar-refractivity contribution in [3.8, 4) is 11.4 Å². The van der Waals surface area contributed by atoms with Gasteiger partial charge in [0.2, 0.25) is 0 Å². The summed E-state index contributed by atoms with van der Waals surface area (Å²) in [6.07, 6.45) is 1.52. The minimum absolute atomic E-state index is 0.145. The molecule has 4 amide bonds. The van der Waals surface area contributed by atoms with Crippen molar-refractivity contribution in [2.45, 2.75) is 27.7 Å². The van der Waals surface area contributed by atoms with E-state index in [0.717, 1.165) is 33.1 Å². The Hall–Kier alpha value is -3.84. The summed E-state index contributed by atoms with van der Waals surface area (Å²) in [5, 5.41) is 2.48. The molecule has 7 nitrogen and oxygen atoms in total. The van der Waals surface area contributed by atoms with Crippen LogP contribution in [0.3, 0.4) is 0 Å². The lowest BCUT2D eigenvalue weighted by Gasteiger charge is -2.26. The average molecular weight is 478 g/mol. The fraction of sp³-hybridized carbons (Fsp3) is 0.192. The molecule has 4 rings (SSSR count). The predicted molar refractivity (Wildman–Crippen MR) is 132 cm³/mol. The van der Waals surface area contributed by atoms with E-state index in [9.17, 15) is 14.4 Å². The van der Waals surface area contributed by atoms with Crippen LogP contribution in [0.25, 0.3) is 11.8 Å². The Morgan fingerprint density at radius 1 is 0.971 bits per heavy atom. The molecular weight excluding hydrogens is 454 g/mol. The molecule has 174 valence electrons. The number of anilines is 1. The van der Waals surface area contributed by atoms with Crippen molar-refractivity contribution in [1.29, 1.82) is 0 Å². The number of barbiturate groups is 1. The second-order valence-corrected chi connectivity index (χ2v) is 8.59. The second kappa shape index (κ2) is 8.83. The summed E-state index contributed by atoms with van der Waals surface area (Å²) in [4.78, 5) is 39.4. The maximum absolute atomic E-state index is 13.3. The van der Waals surface area contributed by atoms with Gasteiger partial charge in [0.05, 0.1) is 23.5 Å². The number of carbonyl (C=O) groups excluding carboxylic acids is 3. The molecule has 0 unspecified atom stereocenters. The lowest BCUT2D eigenvalue weighted by molar-refractivity contribution is -0.122. The van der Waals surface area contributed by atoms with Crippen LogP contribution in [0, 0.1) is 27.7 Å². The van der Waals surface area contributed by atoms with Crippen molar-refractivity contribution in [3.05, 3.63) is 81.1 Å². The summed E-state index contributed by atoms with van der Waals surface area (Å²) in [6, 6.07) is 11.7. The predicted octanol–water partition coefficient (Wildman–Crippen LogP) is 5.04. The van der Waals surface area contributed by atoms with Crippen molar-refractivity contribution in [1.82, 2.24) is 9.88 Å². The SMILES string of the molecule is COc1ccc(N2C(=O)NC(=O)C(=Cc3cc(C)n(-c4c(C)cccc4C)c3C)C2=O)cc1Cl. The van der Waals surface area contributed by atoms with Crippen LogP contribution in [-0.4, -0.2) is 29.5 Å². The summed E-state index contributed by atoms with van der Waals surface area (Å²) in [6.45, 7) is 7.99. The van der Waals surface area contributed by atoms with Gasteiger partial charge in [0.25, 0.3) is 11.8 Å². The summed E-state index contributed by atoms with van der Waals surface area (Å²) in [5.74, 6) is -1.07. The lowest BCUT2D eigenvalue weighted by Crippen LogP contribution is -2.54. The second-order valence-electron chi connectivity index (χ2n) is 8.18. The van der Waals surface area contributed by atoms with Gasteiger partial charge in [0, 0.05) is 11.4 Å². The number of rotatable bonds is 4. The summed E-state index contributed by atoms with van der Waals surface area (Å²) in [5.41, 5.74) is 5.91. The van der Waals surface area contributed by atoms with Crippen molar-refractivity contribution < 1.29 is 19.1 Å². The number of aromatic nitrogens is 1. The Morgan fingerprint density at radius 3 is 2.26 bits per heavy atom. The molecular formula is C26H24ClN3O4.